The number of halogens is 1. The molecular weight excluding hydrogens is 444 g/mol. The second kappa shape index (κ2) is 8.15. The summed E-state index contributed by atoms with van der Waals surface area (Å²) < 4.78 is 11.6. The van der Waals surface area contributed by atoms with Crippen LogP contribution in [-0.4, -0.2) is 75.7 Å². The molecule has 2 bridgehead atoms. The van der Waals surface area contributed by atoms with Gasteiger partial charge >= 0.3 is 5.97 Å². The second-order valence-electron chi connectivity index (χ2n) is 9.12. The van der Waals surface area contributed by atoms with Gasteiger partial charge in [0, 0.05) is 23.5 Å². The summed E-state index contributed by atoms with van der Waals surface area (Å²) in [7, 11) is 0. The van der Waals surface area contributed by atoms with Crippen LogP contribution in [-0.2, 0) is 23.9 Å². The third kappa shape index (κ3) is 3.81. The molecule has 3 heterocycles. The van der Waals surface area contributed by atoms with Crippen LogP contribution < -0.4 is 5.32 Å². The van der Waals surface area contributed by atoms with Crippen molar-refractivity contribution in [3.05, 3.63) is 0 Å². The lowest BCUT2D eigenvalue weighted by Gasteiger charge is -2.35. The molecule has 2 N–H and O–H groups in total. The molecule has 3 aliphatic rings. The van der Waals surface area contributed by atoms with Gasteiger partial charge in [0.2, 0.25) is 11.8 Å². The van der Waals surface area contributed by atoms with Crippen LogP contribution in [0.15, 0.2) is 0 Å². The Morgan fingerprint density at radius 3 is 2.66 bits per heavy atom. The highest BCUT2D eigenvalue weighted by atomic mass is 79.9. The van der Waals surface area contributed by atoms with Crippen molar-refractivity contribution < 1.29 is 29.0 Å². The third-order valence-electron chi connectivity index (χ3n) is 5.90. The number of alkyl halides is 1. The number of likely N-dealkylation sites (tertiary alicyclic amines) is 1. The minimum Gasteiger partial charge on any atom is -0.466 e. The van der Waals surface area contributed by atoms with Crippen molar-refractivity contribution in [1.29, 1.82) is 0 Å². The van der Waals surface area contributed by atoms with Gasteiger partial charge in [-0.05, 0) is 47.0 Å². The van der Waals surface area contributed by atoms with E-state index in [1.54, 1.807) is 11.8 Å². The number of rotatable bonds is 7. The number of ether oxygens (including phenoxy) is 2. The van der Waals surface area contributed by atoms with E-state index in [1.165, 1.54) is 0 Å². The molecule has 0 aromatic heterocycles. The van der Waals surface area contributed by atoms with Crippen LogP contribution in [0.2, 0.25) is 0 Å². The van der Waals surface area contributed by atoms with E-state index in [2.05, 4.69) is 21.2 Å². The number of nitrogens with one attached hydrogen (secondary N) is 1. The molecule has 2 amide bonds. The van der Waals surface area contributed by atoms with Gasteiger partial charge in [0.1, 0.15) is 11.6 Å². The van der Waals surface area contributed by atoms with Gasteiger partial charge in [-0.3, -0.25) is 14.4 Å². The molecule has 3 rings (SSSR count). The summed E-state index contributed by atoms with van der Waals surface area (Å²) >= 11 is 3.60. The number of carbonyl (C=O) groups is 3. The van der Waals surface area contributed by atoms with E-state index < -0.39 is 41.1 Å². The zero-order valence-corrected chi connectivity index (χ0v) is 19.0. The number of esters is 1. The fraction of sp³-hybridized carbons (Fsp3) is 0.850. The second-order valence-corrected chi connectivity index (χ2v) is 10.3. The van der Waals surface area contributed by atoms with Crippen molar-refractivity contribution in [2.24, 2.45) is 11.8 Å². The minimum absolute atomic E-state index is 0.0168. The summed E-state index contributed by atoms with van der Waals surface area (Å²) in [6, 6.07) is -0.817. The fourth-order valence-electron chi connectivity index (χ4n) is 5.01. The van der Waals surface area contributed by atoms with Gasteiger partial charge in [0.15, 0.2) is 0 Å². The SMILES string of the molecule is CCOC(=O)[C@H]1[C@H]2C(=O)N(CCCCO)C(C(=O)NC(C)(C)C)C23CC(Br)[C@@H]1O3. The lowest BCUT2D eigenvalue weighted by Crippen LogP contribution is -2.58. The smallest absolute Gasteiger partial charge is 0.312 e. The predicted octanol–water partition coefficient (Wildman–Crippen LogP) is 0.985. The molecule has 3 unspecified atom stereocenters. The normalized spacial score (nSPS) is 35.7. The highest BCUT2D eigenvalue weighted by molar-refractivity contribution is 9.09. The van der Waals surface area contributed by atoms with E-state index in [0.717, 1.165) is 0 Å². The minimum atomic E-state index is -1.05. The Morgan fingerprint density at radius 2 is 2.07 bits per heavy atom. The predicted molar refractivity (Wildman–Crippen MR) is 108 cm³/mol. The number of nitrogens with zero attached hydrogens (tertiary/aromatic N) is 1. The molecule has 3 saturated heterocycles. The Balaban J connectivity index is 1.99. The number of carbonyl (C=O) groups excluding carboxylic acids is 3. The van der Waals surface area contributed by atoms with E-state index in [4.69, 9.17) is 14.6 Å². The summed E-state index contributed by atoms with van der Waals surface area (Å²) in [5.41, 5.74) is -1.53. The van der Waals surface area contributed by atoms with Gasteiger partial charge < -0.3 is 24.8 Å². The molecule has 8 nitrogen and oxygen atoms in total. The Kier molecular flexibility index (Phi) is 6.32. The van der Waals surface area contributed by atoms with Crippen molar-refractivity contribution >= 4 is 33.7 Å². The molecule has 6 atom stereocenters. The molecule has 164 valence electrons. The molecule has 1 spiro atoms. The maximum absolute atomic E-state index is 13.5. The molecule has 0 aromatic carbocycles. The van der Waals surface area contributed by atoms with E-state index in [9.17, 15) is 14.4 Å². The number of fused-ring (bicyclic) bond motifs is 1. The van der Waals surface area contributed by atoms with Gasteiger partial charge in [-0.25, -0.2) is 0 Å². The molecule has 0 aliphatic carbocycles. The number of amides is 2. The number of aliphatic hydroxyl groups excluding tert-OH is 1. The lowest BCUT2D eigenvalue weighted by molar-refractivity contribution is -0.154. The van der Waals surface area contributed by atoms with Crippen LogP contribution in [0.3, 0.4) is 0 Å². The first-order valence-corrected chi connectivity index (χ1v) is 11.2. The van der Waals surface area contributed by atoms with Crippen LogP contribution in [0.5, 0.6) is 0 Å². The Morgan fingerprint density at radius 1 is 1.38 bits per heavy atom. The Labute approximate surface area is 179 Å². The maximum atomic E-state index is 13.5. The standard InChI is InChI=1S/C20H31BrN2O6/c1-5-28-18(27)12-13-17(26)23(8-6-7-9-24)15(16(25)22-19(2,3)4)20(13)10-11(21)14(12)29-20/h11-15,24H,5-10H2,1-4H3,(H,22,25)/t11?,12-,13-,14-,15?,20?/m0/s1. The van der Waals surface area contributed by atoms with Gasteiger partial charge in [-0.2, -0.15) is 0 Å². The van der Waals surface area contributed by atoms with Gasteiger partial charge in [-0.15, -0.1) is 0 Å². The number of hydrogen-bond donors (Lipinski definition) is 2. The highest BCUT2D eigenvalue weighted by Crippen LogP contribution is 2.60. The quantitative estimate of drug-likeness (QED) is 0.323. The summed E-state index contributed by atoms with van der Waals surface area (Å²) in [5.74, 6) is -2.42. The average molecular weight is 475 g/mol. The first kappa shape index (κ1) is 22.5. The van der Waals surface area contributed by atoms with E-state index in [1.807, 2.05) is 20.8 Å². The van der Waals surface area contributed by atoms with Gasteiger partial charge in [0.25, 0.3) is 0 Å². The van der Waals surface area contributed by atoms with Crippen LogP contribution in [0.4, 0.5) is 0 Å². The largest absolute Gasteiger partial charge is 0.466 e. The first-order chi connectivity index (χ1) is 13.6. The third-order valence-corrected chi connectivity index (χ3v) is 6.75. The molecular formula is C20H31BrN2O6. The van der Waals surface area contributed by atoms with Crippen LogP contribution in [0.25, 0.3) is 0 Å². The zero-order chi connectivity index (χ0) is 21.6. The first-order valence-electron chi connectivity index (χ1n) is 10.3. The summed E-state index contributed by atoms with van der Waals surface area (Å²) in [6.07, 6.45) is 1.08. The lowest BCUT2D eigenvalue weighted by atomic mass is 9.70. The molecule has 29 heavy (non-hydrogen) atoms. The maximum Gasteiger partial charge on any atom is 0.312 e. The van der Waals surface area contributed by atoms with Crippen molar-refractivity contribution in [3.63, 3.8) is 0 Å². The molecule has 0 aromatic rings. The van der Waals surface area contributed by atoms with E-state index >= 15 is 0 Å². The van der Waals surface area contributed by atoms with Crippen LogP contribution in [0.1, 0.15) is 47.0 Å². The van der Waals surface area contributed by atoms with Crippen LogP contribution in [0, 0.1) is 11.8 Å². The van der Waals surface area contributed by atoms with E-state index in [0.29, 0.717) is 25.8 Å². The molecule has 3 fully saturated rings. The highest BCUT2D eigenvalue weighted by Gasteiger charge is 2.76. The van der Waals surface area contributed by atoms with Gasteiger partial charge in [0.05, 0.1) is 24.5 Å². The topological polar surface area (TPSA) is 105 Å². The molecule has 9 heteroatoms. The Hall–Kier alpha value is -1.19. The van der Waals surface area contributed by atoms with Gasteiger partial charge in [-0.1, -0.05) is 15.9 Å². The van der Waals surface area contributed by atoms with Crippen molar-refractivity contribution in [3.8, 4) is 0 Å². The van der Waals surface area contributed by atoms with Crippen molar-refractivity contribution in [2.75, 3.05) is 19.8 Å². The molecule has 3 aliphatic heterocycles. The average Bonchev–Trinajstić information content (AvgIpc) is 3.18. The Bertz CT molecular complexity index is 680. The summed E-state index contributed by atoms with van der Waals surface area (Å²) in [4.78, 5) is 40.9. The monoisotopic (exact) mass is 474 g/mol. The van der Waals surface area contributed by atoms with Crippen molar-refractivity contribution in [1.82, 2.24) is 10.2 Å². The number of unbranched alkanes of at least 4 members (excludes halogenated alkanes) is 1. The fourth-order valence-corrected chi connectivity index (χ4v) is 5.95. The number of hydrogen-bond acceptors (Lipinski definition) is 6. The zero-order valence-electron chi connectivity index (χ0n) is 17.4. The summed E-state index contributed by atoms with van der Waals surface area (Å²) in [6.45, 7) is 7.94. The molecule has 0 saturated carbocycles. The van der Waals surface area contributed by atoms with Crippen molar-refractivity contribution in [2.45, 2.75) is 75.1 Å². The summed E-state index contributed by atoms with van der Waals surface area (Å²) in [5, 5.41) is 12.1. The number of aliphatic hydroxyl groups is 1. The van der Waals surface area contributed by atoms with E-state index in [-0.39, 0.29) is 29.9 Å². The molecule has 0 radical (unpaired) electrons. The van der Waals surface area contributed by atoms with Crippen LogP contribution >= 0.6 is 15.9 Å².